The zero-order valence-corrected chi connectivity index (χ0v) is 12.9. The zero-order valence-electron chi connectivity index (χ0n) is 10.5. The van der Waals surface area contributed by atoms with E-state index in [1.54, 1.807) is 17.4 Å². The van der Waals surface area contributed by atoms with Gasteiger partial charge in [0.15, 0.2) is 0 Å². The molecule has 0 atom stereocenters. The van der Waals surface area contributed by atoms with Crippen LogP contribution in [0.5, 0.6) is 0 Å². The van der Waals surface area contributed by atoms with Crippen LogP contribution in [0.25, 0.3) is 10.6 Å². The van der Waals surface area contributed by atoms with Crippen LogP contribution in [0.2, 0.25) is 0 Å². The van der Waals surface area contributed by atoms with Gasteiger partial charge in [0.2, 0.25) is 0 Å². The Hall–Kier alpha value is -0.780. The van der Waals surface area contributed by atoms with E-state index in [0.717, 1.165) is 21.7 Å². The van der Waals surface area contributed by atoms with E-state index >= 15 is 0 Å². The first-order chi connectivity index (χ1) is 9.13. The van der Waals surface area contributed by atoms with Gasteiger partial charge in [0.1, 0.15) is 10.8 Å². The summed E-state index contributed by atoms with van der Waals surface area (Å²) in [6.07, 6.45) is 2.54. The van der Waals surface area contributed by atoms with Crippen molar-refractivity contribution in [3.63, 3.8) is 0 Å². The molecule has 0 unspecified atom stereocenters. The molecule has 1 aliphatic carbocycles. The molecule has 1 aliphatic rings. The molecule has 100 valence electrons. The maximum Gasteiger partial charge on any atom is 0.134 e. The fraction of sp³-hybridized carbons (Fsp3) is 0.357. The minimum absolute atomic E-state index is 0.232. The van der Waals surface area contributed by atoms with Crippen molar-refractivity contribution in [2.75, 3.05) is 0 Å². The Morgan fingerprint density at radius 3 is 2.95 bits per heavy atom. The Kier molecular flexibility index (Phi) is 3.69. The molecule has 1 heterocycles. The SMILES string of the molecule is Cc1nc(-c2ccc(Br)cc2F)sc1CNC1CC1. The van der Waals surface area contributed by atoms with Gasteiger partial charge in [-0.2, -0.15) is 0 Å². The minimum Gasteiger partial charge on any atom is -0.309 e. The van der Waals surface area contributed by atoms with E-state index in [0.29, 0.717) is 11.6 Å². The lowest BCUT2D eigenvalue weighted by Crippen LogP contribution is -2.14. The number of hydrogen-bond acceptors (Lipinski definition) is 3. The Bertz CT molecular complexity index is 607. The summed E-state index contributed by atoms with van der Waals surface area (Å²) < 4.78 is 14.7. The van der Waals surface area contributed by atoms with Gasteiger partial charge >= 0.3 is 0 Å². The Morgan fingerprint density at radius 2 is 2.26 bits per heavy atom. The van der Waals surface area contributed by atoms with Crippen molar-refractivity contribution in [1.29, 1.82) is 0 Å². The third-order valence-corrected chi connectivity index (χ3v) is 4.87. The van der Waals surface area contributed by atoms with Gasteiger partial charge in [0.25, 0.3) is 0 Å². The van der Waals surface area contributed by atoms with Crippen LogP contribution in [0.3, 0.4) is 0 Å². The standard InChI is InChI=1S/C14H14BrFN2S/c1-8-13(7-17-10-3-4-10)19-14(18-8)11-5-2-9(15)6-12(11)16/h2,5-6,10,17H,3-4,7H2,1H3. The molecular formula is C14H14BrFN2S. The van der Waals surface area contributed by atoms with Gasteiger partial charge in [-0.25, -0.2) is 9.37 Å². The molecular weight excluding hydrogens is 327 g/mol. The van der Waals surface area contributed by atoms with Crippen molar-refractivity contribution in [3.8, 4) is 10.6 Å². The first kappa shape index (κ1) is 13.2. The maximum atomic E-state index is 13.9. The molecule has 5 heteroatoms. The largest absolute Gasteiger partial charge is 0.309 e. The van der Waals surface area contributed by atoms with E-state index in [4.69, 9.17) is 0 Å². The summed E-state index contributed by atoms with van der Waals surface area (Å²) in [5.41, 5.74) is 1.57. The van der Waals surface area contributed by atoms with Crippen LogP contribution in [0.15, 0.2) is 22.7 Å². The fourth-order valence-electron chi connectivity index (χ4n) is 1.89. The second-order valence-electron chi connectivity index (χ2n) is 4.81. The molecule has 0 spiro atoms. The topological polar surface area (TPSA) is 24.9 Å². The molecule has 0 aliphatic heterocycles. The predicted octanol–water partition coefficient (Wildman–Crippen LogP) is 4.27. The Morgan fingerprint density at radius 1 is 1.47 bits per heavy atom. The summed E-state index contributed by atoms with van der Waals surface area (Å²) in [6, 6.07) is 5.77. The number of rotatable bonds is 4. The van der Waals surface area contributed by atoms with Gasteiger partial charge in [-0.1, -0.05) is 15.9 Å². The van der Waals surface area contributed by atoms with Crippen molar-refractivity contribution < 1.29 is 4.39 Å². The van der Waals surface area contributed by atoms with Gasteiger partial charge in [-0.15, -0.1) is 11.3 Å². The summed E-state index contributed by atoms with van der Waals surface area (Å²) in [7, 11) is 0. The molecule has 1 N–H and O–H groups in total. The number of nitrogens with zero attached hydrogens (tertiary/aromatic N) is 1. The van der Waals surface area contributed by atoms with E-state index in [1.165, 1.54) is 23.8 Å². The van der Waals surface area contributed by atoms with Gasteiger partial charge in [-0.05, 0) is 38.0 Å². The normalized spacial score (nSPS) is 14.9. The third kappa shape index (κ3) is 3.04. The molecule has 19 heavy (non-hydrogen) atoms. The average molecular weight is 341 g/mol. The number of nitrogens with one attached hydrogen (secondary N) is 1. The minimum atomic E-state index is -0.232. The maximum absolute atomic E-state index is 13.9. The van der Waals surface area contributed by atoms with Crippen molar-refractivity contribution in [1.82, 2.24) is 10.3 Å². The molecule has 0 amide bonds. The first-order valence-corrected chi connectivity index (χ1v) is 7.89. The molecule has 2 aromatic rings. The molecule has 2 nitrogen and oxygen atoms in total. The highest BCUT2D eigenvalue weighted by molar-refractivity contribution is 9.10. The van der Waals surface area contributed by atoms with Crippen LogP contribution in [0.4, 0.5) is 4.39 Å². The lowest BCUT2D eigenvalue weighted by atomic mass is 10.2. The lowest BCUT2D eigenvalue weighted by molar-refractivity contribution is 0.630. The summed E-state index contributed by atoms with van der Waals surface area (Å²) in [5, 5.41) is 4.23. The second kappa shape index (κ2) is 5.31. The van der Waals surface area contributed by atoms with E-state index in [1.807, 2.05) is 13.0 Å². The second-order valence-corrected chi connectivity index (χ2v) is 6.81. The zero-order chi connectivity index (χ0) is 13.4. The van der Waals surface area contributed by atoms with Crippen molar-refractivity contribution in [2.45, 2.75) is 32.4 Å². The quantitative estimate of drug-likeness (QED) is 0.898. The van der Waals surface area contributed by atoms with Gasteiger partial charge in [0, 0.05) is 27.5 Å². The van der Waals surface area contributed by atoms with Crippen LogP contribution < -0.4 is 5.32 Å². The number of thiazole rings is 1. The smallest absolute Gasteiger partial charge is 0.134 e. The average Bonchev–Trinajstić information content (AvgIpc) is 3.11. The highest BCUT2D eigenvalue weighted by Gasteiger charge is 2.21. The van der Waals surface area contributed by atoms with Gasteiger partial charge in [-0.3, -0.25) is 0 Å². The van der Waals surface area contributed by atoms with E-state index in [-0.39, 0.29) is 5.82 Å². The number of halogens is 2. The van der Waals surface area contributed by atoms with Crippen LogP contribution in [-0.4, -0.2) is 11.0 Å². The number of hydrogen-bond donors (Lipinski definition) is 1. The van der Waals surface area contributed by atoms with Crippen LogP contribution in [-0.2, 0) is 6.54 Å². The highest BCUT2D eigenvalue weighted by Crippen LogP contribution is 2.31. The molecule has 1 saturated carbocycles. The lowest BCUT2D eigenvalue weighted by Gasteiger charge is -2.00. The van der Waals surface area contributed by atoms with Gasteiger partial charge in [0.05, 0.1) is 5.69 Å². The van der Waals surface area contributed by atoms with Crippen molar-refractivity contribution in [2.24, 2.45) is 0 Å². The number of aryl methyl sites for hydroxylation is 1. The van der Waals surface area contributed by atoms with Gasteiger partial charge < -0.3 is 5.32 Å². The number of benzene rings is 1. The fourth-order valence-corrected chi connectivity index (χ4v) is 3.27. The summed E-state index contributed by atoms with van der Waals surface area (Å²) in [5.74, 6) is -0.232. The van der Waals surface area contributed by atoms with Crippen LogP contribution >= 0.6 is 27.3 Å². The van der Waals surface area contributed by atoms with E-state index in [2.05, 4.69) is 26.2 Å². The summed E-state index contributed by atoms with van der Waals surface area (Å²) in [4.78, 5) is 5.69. The monoisotopic (exact) mass is 340 g/mol. The molecule has 1 aromatic heterocycles. The molecule has 1 aromatic carbocycles. The molecule has 0 radical (unpaired) electrons. The summed E-state index contributed by atoms with van der Waals surface area (Å²) in [6.45, 7) is 2.83. The van der Waals surface area contributed by atoms with E-state index < -0.39 is 0 Å². The Labute approximate surface area is 124 Å². The molecule has 0 saturated heterocycles. The van der Waals surface area contributed by atoms with Crippen molar-refractivity contribution in [3.05, 3.63) is 39.1 Å². The van der Waals surface area contributed by atoms with Crippen LogP contribution in [0, 0.1) is 12.7 Å². The highest BCUT2D eigenvalue weighted by atomic mass is 79.9. The molecule has 3 rings (SSSR count). The predicted molar refractivity (Wildman–Crippen MR) is 79.8 cm³/mol. The van der Waals surface area contributed by atoms with Crippen LogP contribution in [0.1, 0.15) is 23.4 Å². The Balaban J connectivity index is 1.85. The third-order valence-electron chi connectivity index (χ3n) is 3.18. The van der Waals surface area contributed by atoms with Crippen molar-refractivity contribution >= 4 is 27.3 Å². The van der Waals surface area contributed by atoms with E-state index in [9.17, 15) is 4.39 Å². The summed E-state index contributed by atoms with van der Waals surface area (Å²) >= 11 is 4.84. The molecule has 1 fully saturated rings. The first-order valence-electron chi connectivity index (χ1n) is 6.28. The molecule has 0 bridgehead atoms. The number of aromatic nitrogens is 1.